The Morgan fingerprint density at radius 3 is 2.63 bits per heavy atom. The monoisotopic (exact) mass is 284 g/mol. The molecule has 0 spiro atoms. The summed E-state index contributed by atoms with van der Waals surface area (Å²) in [4.78, 5) is 12.0. The molecule has 1 heterocycles. The van der Waals surface area contributed by atoms with Gasteiger partial charge >= 0.3 is 0 Å². The van der Waals surface area contributed by atoms with Crippen LogP contribution in [0.5, 0.6) is 0 Å². The minimum Gasteiger partial charge on any atom is -0.294 e. The van der Waals surface area contributed by atoms with Crippen molar-refractivity contribution < 1.29 is 13.6 Å². The van der Waals surface area contributed by atoms with Crippen LogP contribution in [0.3, 0.4) is 0 Å². The first kappa shape index (κ1) is 13.7. The topological polar surface area (TPSA) is 34.9 Å². The second-order valence-corrected chi connectivity index (χ2v) is 4.56. The number of nitrogens with zero attached hydrogens (tertiary/aromatic N) is 2. The average molecular weight is 285 g/mol. The molecule has 0 aliphatic carbocycles. The number of aryl methyl sites for hydroxylation is 2. The Labute approximate surface area is 113 Å². The number of Topliss-reactive ketones (excluding diaryl/α,β-unsaturated/α-hetero) is 1. The van der Waals surface area contributed by atoms with Gasteiger partial charge in [-0.15, -0.1) is 0 Å². The highest BCUT2D eigenvalue weighted by Crippen LogP contribution is 2.21. The molecule has 0 unspecified atom stereocenters. The van der Waals surface area contributed by atoms with E-state index in [-0.39, 0.29) is 12.0 Å². The molecule has 0 atom stereocenters. The maximum atomic E-state index is 13.5. The Bertz CT molecular complexity index is 652. The number of hydrogen-bond donors (Lipinski definition) is 0. The normalized spacial score (nSPS) is 10.8. The van der Waals surface area contributed by atoms with E-state index in [0.29, 0.717) is 22.5 Å². The van der Waals surface area contributed by atoms with E-state index >= 15 is 0 Å². The molecule has 0 aliphatic rings. The quantitative estimate of drug-likeness (QED) is 0.812. The Kier molecular flexibility index (Phi) is 3.66. The van der Waals surface area contributed by atoms with Gasteiger partial charge in [-0.2, -0.15) is 5.10 Å². The minimum absolute atomic E-state index is 0.0684. The number of aromatic nitrogens is 2. The lowest BCUT2D eigenvalue weighted by Gasteiger charge is -2.03. The van der Waals surface area contributed by atoms with Gasteiger partial charge in [0.05, 0.1) is 11.3 Å². The molecular weight excluding hydrogens is 274 g/mol. The van der Waals surface area contributed by atoms with Gasteiger partial charge in [-0.05, 0) is 19.1 Å². The van der Waals surface area contributed by atoms with Gasteiger partial charge in [-0.25, -0.2) is 8.78 Å². The molecule has 19 heavy (non-hydrogen) atoms. The number of rotatable bonds is 3. The van der Waals surface area contributed by atoms with Crippen molar-refractivity contribution in [2.45, 2.75) is 13.3 Å². The van der Waals surface area contributed by atoms with Crippen molar-refractivity contribution in [3.8, 4) is 0 Å². The van der Waals surface area contributed by atoms with Crippen LogP contribution in [0, 0.1) is 18.6 Å². The summed E-state index contributed by atoms with van der Waals surface area (Å²) in [6.07, 6.45) is -0.0684. The molecule has 1 aromatic heterocycles. The van der Waals surface area contributed by atoms with Gasteiger partial charge in [-0.1, -0.05) is 11.6 Å². The van der Waals surface area contributed by atoms with Crippen LogP contribution in [0.2, 0.25) is 5.15 Å². The minimum atomic E-state index is -0.873. The highest BCUT2D eigenvalue weighted by molar-refractivity contribution is 6.30. The van der Waals surface area contributed by atoms with E-state index in [0.717, 1.165) is 12.1 Å². The van der Waals surface area contributed by atoms with Crippen molar-refractivity contribution in [1.29, 1.82) is 0 Å². The third kappa shape index (κ3) is 2.66. The third-order valence-electron chi connectivity index (χ3n) is 2.84. The summed E-state index contributed by atoms with van der Waals surface area (Å²) < 4.78 is 27.7. The summed E-state index contributed by atoms with van der Waals surface area (Å²) in [6.45, 7) is 1.72. The smallest absolute Gasteiger partial charge is 0.170 e. The van der Waals surface area contributed by atoms with Crippen molar-refractivity contribution in [1.82, 2.24) is 9.78 Å². The number of carbonyl (C=O) groups is 1. The van der Waals surface area contributed by atoms with Crippen LogP contribution in [0.1, 0.15) is 21.6 Å². The predicted octanol–water partition coefficient (Wildman–Crippen LogP) is 3.09. The molecule has 1 aromatic carbocycles. The summed E-state index contributed by atoms with van der Waals surface area (Å²) in [6, 6.07) is 2.87. The molecule has 2 rings (SSSR count). The molecule has 0 radical (unpaired) electrons. The lowest BCUT2D eigenvalue weighted by atomic mass is 10.0. The fourth-order valence-electron chi connectivity index (χ4n) is 1.85. The van der Waals surface area contributed by atoms with E-state index < -0.39 is 17.4 Å². The maximum absolute atomic E-state index is 13.5. The number of ketones is 1. The molecule has 0 bridgehead atoms. The SMILES string of the molecule is Cc1nn(C)c(Cl)c1CC(=O)c1ccc(F)cc1F. The molecule has 0 saturated heterocycles. The highest BCUT2D eigenvalue weighted by Gasteiger charge is 2.18. The molecule has 6 heteroatoms. The molecule has 100 valence electrons. The van der Waals surface area contributed by atoms with Crippen LogP contribution < -0.4 is 0 Å². The van der Waals surface area contributed by atoms with E-state index in [4.69, 9.17) is 11.6 Å². The zero-order valence-corrected chi connectivity index (χ0v) is 11.1. The molecule has 0 fully saturated rings. The lowest BCUT2D eigenvalue weighted by molar-refractivity contribution is 0.0989. The molecule has 3 nitrogen and oxygen atoms in total. The van der Waals surface area contributed by atoms with Crippen LogP contribution in [0.15, 0.2) is 18.2 Å². The van der Waals surface area contributed by atoms with Crippen molar-refractivity contribution in [2.24, 2.45) is 7.05 Å². The summed E-state index contributed by atoms with van der Waals surface area (Å²) in [5.74, 6) is -2.05. The first-order valence-corrected chi connectivity index (χ1v) is 5.94. The molecular formula is C13H11ClF2N2O. The second-order valence-electron chi connectivity index (χ2n) is 4.20. The van der Waals surface area contributed by atoms with E-state index in [1.165, 1.54) is 4.68 Å². The van der Waals surface area contributed by atoms with E-state index in [2.05, 4.69) is 5.10 Å². The largest absolute Gasteiger partial charge is 0.294 e. The number of benzene rings is 1. The summed E-state index contributed by atoms with van der Waals surface area (Å²) in [5, 5.41) is 4.41. The summed E-state index contributed by atoms with van der Waals surface area (Å²) in [7, 11) is 1.65. The van der Waals surface area contributed by atoms with E-state index in [1.54, 1.807) is 14.0 Å². The van der Waals surface area contributed by atoms with Gasteiger partial charge in [0, 0.05) is 25.1 Å². The van der Waals surface area contributed by atoms with Crippen LogP contribution in [0.4, 0.5) is 8.78 Å². The Balaban J connectivity index is 2.31. The lowest BCUT2D eigenvalue weighted by Crippen LogP contribution is -2.07. The molecule has 0 saturated carbocycles. The molecule has 0 N–H and O–H groups in total. The standard InChI is InChI=1S/C13H11ClF2N2O/c1-7-10(13(14)18(2)17-7)6-12(19)9-4-3-8(15)5-11(9)16/h3-5H,6H2,1-2H3. The highest BCUT2D eigenvalue weighted by atomic mass is 35.5. The number of hydrogen-bond acceptors (Lipinski definition) is 2. The zero-order valence-electron chi connectivity index (χ0n) is 10.4. The molecule has 0 amide bonds. The van der Waals surface area contributed by atoms with Gasteiger partial charge in [0.1, 0.15) is 16.8 Å². The first-order chi connectivity index (χ1) is 8.90. The maximum Gasteiger partial charge on any atom is 0.170 e. The number of carbonyl (C=O) groups excluding carboxylic acids is 1. The number of halogens is 3. The predicted molar refractivity (Wildman–Crippen MR) is 67.3 cm³/mol. The van der Waals surface area contributed by atoms with Crippen molar-refractivity contribution in [3.05, 3.63) is 51.8 Å². The van der Waals surface area contributed by atoms with Gasteiger partial charge in [-0.3, -0.25) is 9.48 Å². The first-order valence-electron chi connectivity index (χ1n) is 5.56. The molecule has 0 aliphatic heterocycles. The average Bonchev–Trinajstić information content (AvgIpc) is 2.56. The second kappa shape index (κ2) is 5.09. The van der Waals surface area contributed by atoms with Crippen molar-refractivity contribution >= 4 is 17.4 Å². The van der Waals surface area contributed by atoms with E-state index in [9.17, 15) is 13.6 Å². The van der Waals surface area contributed by atoms with E-state index in [1.807, 2.05) is 0 Å². The van der Waals surface area contributed by atoms with Gasteiger partial charge < -0.3 is 0 Å². The zero-order chi connectivity index (χ0) is 14.2. The summed E-state index contributed by atoms with van der Waals surface area (Å²) in [5.41, 5.74) is 1.02. The van der Waals surface area contributed by atoms with Crippen molar-refractivity contribution in [2.75, 3.05) is 0 Å². The fourth-order valence-corrected chi connectivity index (χ4v) is 2.09. The van der Waals surface area contributed by atoms with Gasteiger partial charge in [0.15, 0.2) is 5.78 Å². The van der Waals surface area contributed by atoms with Gasteiger partial charge in [0.2, 0.25) is 0 Å². The Morgan fingerprint density at radius 1 is 1.42 bits per heavy atom. The third-order valence-corrected chi connectivity index (χ3v) is 3.31. The van der Waals surface area contributed by atoms with Crippen LogP contribution >= 0.6 is 11.6 Å². The van der Waals surface area contributed by atoms with Crippen LogP contribution in [-0.4, -0.2) is 15.6 Å². The Morgan fingerprint density at radius 2 is 2.11 bits per heavy atom. The fraction of sp³-hybridized carbons (Fsp3) is 0.231. The Hall–Kier alpha value is -1.75. The van der Waals surface area contributed by atoms with Gasteiger partial charge in [0.25, 0.3) is 0 Å². The van der Waals surface area contributed by atoms with Crippen molar-refractivity contribution in [3.63, 3.8) is 0 Å². The summed E-state index contributed by atoms with van der Waals surface area (Å²) >= 11 is 6.01. The molecule has 2 aromatic rings. The van der Waals surface area contributed by atoms with Crippen LogP contribution in [-0.2, 0) is 13.5 Å². The van der Waals surface area contributed by atoms with Crippen LogP contribution in [0.25, 0.3) is 0 Å².